The summed E-state index contributed by atoms with van der Waals surface area (Å²) in [6, 6.07) is -0.593. The molecule has 112 valence electrons. The van der Waals surface area contributed by atoms with Crippen LogP contribution in [0.3, 0.4) is 0 Å². The number of carbonyl (C=O) groups excluding carboxylic acids is 2. The molecule has 0 radical (unpaired) electrons. The van der Waals surface area contributed by atoms with E-state index in [1.54, 1.807) is 4.90 Å². The zero-order valence-electron chi connectivity index (χ0n) is 13.0. The van der Waals surface area contributed by atoms with E-state index in [0.717, 1.165) is 19.3 Å². The van der Waals surface area contributed by atoms with Gasteiger partial charge >= 0.3 is 0 Å². The molecule has 0 aromatic heterocycles. The molecule has 1 aliphatic heterocycles. The van der Waals surface area contributed by atoms with E-state index in [9.17, 15) is 9.59 Å². The Labute approximate surface area is 121 Å². The van der Waals surface area contributed by atoms with Crippen LogP contribution in [0.1, 0.15) is 47.0 Å². The van der Waals surface area contributed by atoms with Crippen LogP contribution in [0.4, 0.5) is 0 Å². The first-order valence-electron chi connectivity index (χ1n) is 7.64. The van der Waals surface area contributed by atoms with Gasteiger partial charge in [-0.1, -0.05) is 25.5 Å². The Morgan fingerprint density at radius 2 is 2.00 bits per heavy atom. The molecule has 0 aromatic carbocycles. The third kappa shape index (κ3) is 3.41. The minimum absolute atomic E-state index is 0.0253. The Balaban J connectivity index is 2.17. The Kier molecular flexibility index (Phi) is 4.51. The van der Waals surface area contributed by atoms with Gasteiger partial charge in [-0.2, -0.15) is 0 Å². The summed E-state index contributed by atoms with van der Waals surface area (Å²) < 4.78 is 0. The number of carbonyl (C=O) groups is 2. The lowest BCUT2D eigenvalue weighted by atomic mass is 9.96. The maximum atomic E-state index is 12.6. The highest BCUT2D eigenvalue weighted by atomic mass is 16.2. The average Bonchev–Trinajstić information content (AvgIpc) is 3.16. The summed E-state index contributed by atoms with van der Waals surface area (Å²) in [6.45, 7) is 8.76. The second kappa shape index (κ2) is 5.98. The van der Waals surface area contributed by atoms with E-state index in [1.807, 2.05) is 19.9 Å². The van der Waals surface area contributed by atoms with E-state index in [0.29, 0.717) is 18.4 Å². The summed E-state index contributed by atoms with van der Waals surface area (Å²) in [6.07, 6.45) is 4.88. The smallest absolute Gasteiger partial charge is 0.246 e. The van der Waals surface area contributed by atoms with Gasteiger partial charge in [-0.15, -0.1) is 0 Å². The van der Waals surface area contributed by atoms with Crippen LogP contribution in [0, 0.1) is 11.8 Å². The van der Waals surface area contributed by atoms with Gasteiger partial charge in [0.05, 0.1) is 0 Å². The molecule has 0 spiro atoms. The molecule has 20 heavy (non-hydrogen) atoms. The van der Waals surface area contributed by atoms with Crippen molar-refractivity contribution in [2.24, 2.45) is 11.8 Å². The van der Waals surface area contributed by atoms with Gasteiger partial charge < -0.3 is 10.2 Å². The Morgan fingerprint density at radius 1 is 1.35 bits per heavy atom. The maximum Gasteiger partial charge on any atom is 0.246 e. The molecule has 2 fully saturated rings. The van der Waals surface area contributed by atoms with E-state index in [2.05, 4.69) is 19.2 Å². The van der Waals surface area contributed by atoms with Crippen molar-refractivity contribution in [3.05, 3.63) is 11.6 Å². The summed E-state index contributed by atoms with van der Waals surface area (Å²) in [5, 5.41) is 2.95. The van der Waals surface area contributed by atoms with Crippen LogP contribution in [-0.2, 0) is 9.59 Å². The zero-order chi connectivity index (χ0) is 14.9. The highest BCUT2D eigenvalue weighted by Gasteiger charge is 2.46. The number of nitrogens with one attached hydrogen (secondary N) is 1. The van der Waals surface area contributed by atoms with Crippen LogP contribution in [0.15, 0.2) is 11.6 Å². The maximum absolute atomic E-state index is 12.6. The van der Waals surface area contributed by atoms with Crippen molar-refractivity contribution < 1.29 is 9.59 Å². The molecular weight excluding hydrogens is 252 g/mol. The minimum atomic E-state index is -0.312. The molecule has 2 atom stereocenters. The molecule has 4 heteroatoms. The number of nitrogens with zero attached hydrogens (tertiary/aromatic N) is 1. The molecular formula is C16H26N2O2. The van der Waals surface area contributed by atoms with E-state index >= 15 is 0 Å². The molecule has 1 heterocycles. The standard InChI is InChI=1S/C16H26N2O2/c1-10(2)7-8-18-13(9-11(3)4)15(19)17-14(16(18)20)12-5-6-12/h7,11-14H,5-6,8-9H2,1-4H3,(H,17,19). The summed E-state index contributed by atoms with van der Waals surface area (Å²) in [7, 11) is 0. The molecule has 1 saturated carbocycles. The van der Waals surface area contributed by atoms with Crippen molar-refractivity contribution in [2.75, 3.05) is 6.54 Å². The van der Waals surface area contributed by atoms with Gasteiger partial charge in [0.15, 0.2) is 0 Å². The van der Waals surface area contributed by atoms with Crippen LogP contribution in [0.5, 0.6) is 0 Å². The molecule has 2 unspecified atom stereocenters. The van der Waals surface area contributed by atoms with Crippen molar-refractivity contribution in [3.63, 3.8) is 0 Å². The minimum Gasteiger partial charge on any atom is -0.342 e. The van der Waals surface area contributed by atoms with Crippen molar-refractivity contribution in [1.29, 1.82) is 0 Å². The van der Waals surface area contributed by atoms with E-state index < -0.39 is 0 Å². The molecule has 2 aliphatic rings. The SMILES string of the molecule is CC(C)=CCN1C(=O)C(C2CC2)NC(=O)C1CC(C)C. The Morgan fingerprint density at radius 3 is 2.50 bits per heavy atom. The number of hydrogen-bond acceptors (Lipinski definition) is 2. The summed E-state index contributed by atoms with van der Waals surface area (Å²) in [5.74, 6) is 0.887. The first-order chi connectivity index (χ1) is 9.40. The predicted molar refractivity (Wildman–Crippen MR) is 79.0 cm³/mol. The normalized spacial score (nSPS) is 26.8. The Hall–Kier alpha value is -1.32. The third-order valence-corrected chi connectivity index (χ3v) is 4.01. The molecule has 0 bridgehead atoms. The zero-order valence-corrected chi connectivity index (χ0v) is 13.0. The average molecular weight is 278 g/mol. The second-order valence-corrected chi connectivity index (χ2v) is 6.74. The molecule has 1 N–H and O–H groups in total. The summed E-state index contributed by atoms with van der Waals surface area (Å²) in [5.41, 5.74) is 1.18. The van der Waals surface area contributed by atoms with Crippen molar-refractivity contribution >= 4 is 11.8 Å². The van der Waals surface area contributed by atoms with E-state index in [1.165, 1.54) is 5.57 Å². The van der Waals surface area contributed by atoms with Crippen molar-refractivity contribution in [3.8, 4) is 0 Å². The molecule has 2 rings (SSSR count). The third-order valence-electron chi connectivity index (χ3n) is 4.01. The van der Waals surface area contributed by atoms with E-state index in [-0.39, 0.29) is 23.9 Å². The second-order valence-electron chi connectivity index (χ2n) is 6.74. The fourth-order valence-corrected chi connectivity index (χ4v) is 2.71. The molecule has 1 aliphatic carbocycles. The van der Waals surface area contributed by atoms with Gasteiger partial charge in [0.25, 0.3) is 0 Å². The molecule has 0 aromatic rings. The van der Waals surface area contributed by atoms with Crippen LogP contribution in [0.25, 0.3) is 0 Å². The van der Waals surface area contributed by atoms with Crippen LogP contribution in [-0.4, -0.2) is 35.3 Å². The van der Waals surface area contributed by atoms with Crippen molar-refractivity contribution in [1.82, 2.24) is 10.2 Å². The Bertz CT molecular complexity index is 420. The highest BCUT2D eigenvalue weighted by Crippen LogP contribution is 2.35. The fraction of sp³-hybridized carbons (Fsp3) is 0.750. The predicted octanol–water partition coefficient (Wildman–Crippen LogP) is 2.10. The highest BCUT2D eigenvalue weighted by molar-refractivity contribution is 5.97. The number of piperazine rings is 1. The number of allylic oxidation sites excluding steroid dienone is 1. The fourth-order valence-electron chi connectivity index (χ4n) is 2.71. The largest absolute Gasteiger partial charge is 0.342 e. The van der Waals surface area contributed by atoms with Gasteiger partial charge in [-0.25, -0.2) is 0 Å². The van der Waals surface area contributed by atoms with E-state index in [4.69, 9.17) is 0 Å². The molecule has 2 amide bonds. The first-order valence-corrected chi connectivity index (χ1v) is 7.64. The lowest BCUT2D eigenvalue weighted by Gasteiger charge is -2.39. The lowest BCUT2D eigenvalue weighted by Crippen LogP contribution is -2.64. The topological polar surface area (TPSA) is 49.4 Å². The quantitative estimate of drug-likeness (QED) is 0.783. The van der Waals surface area contributed by atoms with Crippen molar-refractivity contribution in [2.45, 2.75) is 59.0 Å². The summed E-state index contributed by atoms with van der Waals surface area (Å²) >= 11 is 0. The van der Waals surface area contributed by atoms with Gasteiger partial charge in [-0.3, -0.25) is 9.59 Å². The number of rotatable bonds is 5. The number of amides is 2. The van der Waals surface area contributed by atoms with Crippen LogP contribution < -0.4 is 5.32 Å². The first kappa shape index (κ1) is 15.1. The molecule has 1 saturated heterocycles. The van der Waals surface area contributed by atoms with Crippen LogP contribution in [0.2, 0.25) is 0 Å². The van der Waals surface area contributed by atoms with Gasteiger partial charge in [-0.05, 0) is 44.9 Å². The van der Waals surface area contributed by atoms with Gasteiger partial charge in [0.1, 0.15) is 12.1 Å². The number of hydrogen-bond donors (Lipinski definition) is 1. The lowest BCUT2D eigenvalue weighted by molar-refractivity contribution is -0.149. The molecule has 4 nitrogen and oxygen atoms in total. The summed E-state index contributed by atoms with van der Waals surface area (Å²) in [4.78, 5) is 26.8. The van der Waals surface area contributed by atoms with Gasteiger partial charge in [0, 0.05) is 6.54 Å². The monoisotopic (exact) mass is 278 g/mol. The van der Waals surface area contributed by atoms with Crippen LogP contribution >= 0.6 is 0 Å². The van der Waals surface area contributed by atoms with Gasteiger partial charge in [0.2, 0.25) is 11.8 Å².